The number of aromatic amines is 1. The van der Waals surface area contributed by atoms with Crippen molar-refractivity contribution in [3.05, 3.63) is 27.4 Å². The molecule has 0 unspecified atom stereocenters. The number of alkyl halides is 3. The molecule has 0 aliphatic heterocycles. The minimum absolute atomic E-state index is 0.277. The Morgan fingerprint density at radius 3 is 2.44 bits per heavy atom. The number of nitrogens with one attached hydrogen (secondary N) is 1. The Morgan fingerprint density at radius 2 is 1.88 bits per heavy atom. The SMILES string of the molecule is Cc1nc2nc(C(F)(F)F)c(C)c(=O)n2[nH]1. The number of aryl methyl sites for hydroxylation is 1. The summed E-state index contributed by atoms with van der Waals surface area (Å²) in [5.41, 5.74) is -2.43. The van der Waals surface area contributed by atoms with Gasteiger partial charge in [0.05, 0.1) is 0 Å². The molecule has 86 valence electrons. The lowest BCUT2D eigenvalue weighted by atomic mass is 10.2. The third-order valence-electron chi connectivity index (χ3n) is 2.10. The predicted octanol–water partition coefficient (Wildman–Crippen LogP) is 1.05. The number of hydrogen-bond acceptors (Lipinski definition) is 3. The number of halogens is 3. The highest BCUT2D eigenvalue weighted by Gasteiger charge is 2.36. The van der Waals surface area contributed by atoms with Crippen molar-refractivity contribution in [1.82, 2.24) is 19.6 Å². The third kappa shape index (κ3) is 1.46. The molecular weight excluding hydrogens is 225 g/mol. The maximum atomic E-state index is 12.5. The number of H-pyrrole nitrogens is 1. The van der Waals surface area contributed by atoms with Crippen molar-refractivity contribution >= 4 is 5.78 Å². The Balaban J connectivity index is 2.89. The van der Waals surface area contributed by atoms with Crippen LogP contribution in [0.5, 0.6) is 0 Å². The van der Waals surface area contributed by atoms with E-state index in [0.29, 0.717) is 5.82 Å². The van der Waals surface area contributed by atoms with E-state index in [0.717, 1.165) is 11.4 Å². The standard InChI is InChI=1S/C8H7F3N4O/c1-3-5(8(9,10)11)13-7-12-4(2)14-15(7)6(3)16/h1-2H3,(H,12,13,14). The van der Waals surface area contributed by atoms with Crippen molar-refractivity contribution in [1.29, 1.82) is 0 Å². The predicted molar refractivity (Wildman–Crippen MR) is 48.1 cm³/mol. The molecule has 0 saturated carbocycles. The van der Waals surface area contributed by atoms with Crippen LogP contribution in [0.2, 0.25) is 0 Å². The van der Waals surface area contributed by atoms with E-state index in [2.05, 4.69) is 15.1 Å². The van der Waals surface area contributed by atoms with Gasteiger partial charge in [-0.25, -0.2) is 4.98 Å². The van der Waals surface area contributed by atoms with Crippen molar-refractivity contribution in [2.45, 2.75) is 20.0 Å². The normalized spacial score (nSPS) is 12.3. The highest BCUT2D eigenvalue weighted by Crippen LogP contribution is 2.28. The maximum Gasteiger partial charge on any atom is 0.433 e. The largest absolute Gasteiger partial charge is 0.433 e. The van der Waals surface area contributed by atoms with Crippen LogP contribution in [0.4, 0.5) is 13.2 Å². The fraction of sp³-hybridized carbons (Fsp3) is 0.375. The Bertz CT molecular complexity index is 610. The molecular formula is C8H7F3N4O. The molecule has 0 saturated heterocycles. The molecule has 0 aromatic carbocycles. The molecule has 1 N–H and O–H groups in total. The number of fused-ring (bicyclic) bond motifs is 1. The first-order valence-corrected chi connectivity index (χ1v) is 4.34. The Labute approximate surface area is 86.9 Å². The van der Waals surface area contributed by atoms with Crippen molar-refractivity contribution in [3.63, 3.8) is 0 Å². The number of rotatable bonds is 0. The summed E-state index contributed by atoms with van der Waals surface area (Å²) in [6, 6.07) is 0. The van der Waals surface area contributed by atoms with Crippen LogP contribution in [0.15, 0.2) is 4.79 Å². The van der Waals surface area contributed by atoms with Crippen molar-refractivity contribution in [2.24, 2.45) is 0 Å². The average Bonchev–Trinajstić information content (AvgIpc) is 2.51. The van der Waals surface area contributed by atoms with Gasteiger partial charge in [0.1, 0.15) is 5.82 Å². The van der Waals surface area contributed by atoms with Gasteiger partial charge >= 0.3 is 6.18 Å². The summed E-state index contributed by atoms with van der Waals surface area (Å²) in [6.07, 6.45) is -4.65. The molecule has 2 rings (SSSR count). The van der Waals surface area contributed by atoms with E-state index in [1.165, 1.54) is 6.92 Å². The van der Waals surface area contributed by atoms with Crippen LogP contribution in [0, 0.1) is 13.8 Å². The molecule has 16 heavy (non-hydrogen) atoms. The fourth-order valence-electron chi connectivity index (χ4n) is 1.38. The van der Waals surface area contributed by atoms with Gasteiger partial charge in [-0.3, -0.25) is 9.89 Å². The van der Waals surface area contributed by atoms with Gasteiger partial charge in [-0.15, -0.1) is 0 Å². The number of nitrogens with zero attached hydrogens (tertiary/aromatic N) is 3. The molecule has 0 aliphatic carbocycles. The smallest absolute Gasteiger partial charge is 0.275 e. The zero-order chi connectivity index (χ0) is 12.1. The van der Waals surface area contributed by atoms with Crippen LogP contribution in [0.25, 0.3) is 5.78 Å². The van der Waals surface area contributed by atoms with Crippen LogP contribution < -0.4 is 5.56 Å². The highest BCUT2D eigenvalue weighted by molar-refractivity contribution is 5.32. The van der Waals surface area contributed by atoms with Crippen LogP contribution in [-0.2, 0) is 6.18 Å². The third-order valence-corrected chi connectivity index (χ3v) is 2.10. The fourth-order valence-corrected chi connectivity index (χ4v) is 1.38. The van der Waals surface area contributed by atoms with E-state index < -0.39 is 23.0 Å². The monoisotopic (exact) mass is 232 g/mol. The second kappa shape index (κ2) is 3.06. The maximum absolute atomic E-state index is 12.5. The number of hydrogen-bond donors (Lipinski definition) is 1. The lowest BCUT2D eigenvalue weighted by molar-refractivity contribution is -0.141. The zero-order valence-electron chi connectivity index (χ0n) is 8.38. The van der Waals surface area contributed by atoms with E-state index >= 15 is 0 Å². The molecule has 0 fully saturated rings. The minimum atomic E-state index is -4.65. The average molecular weight is 232 g/mol. The van der Waals surface area contributed by atoms with Crippen LogP contribution in [0.1, 0.15) is 17.1 Å². The summed E-state index contributed by atoms with van der Waals surface area (Å²) in [4.78, 5) is 18.6. The molecule has 2 aromatic heterocycles. The summed E-state index contributed by atoms with van der Waals surface area (Å²) in [7, 11) is 0. The summed E-state index contributed by atoms with van der Waals surface area (Å²) in [6.45, 7) is 2.61. The van der Waals surface area contributed by atoms with Gasteiger partial charge in [-0.05, 0) is 13.8 Å². The molecule has 0 bridgehead atoms. The van der Waals surface area contributed by atoms with Crippen LogP contribution in [-0.4, -0.2) is 19.6 Å². The van der Waals surface area contributed by atoms with Crippen molar-refractivity contribution < 1.29 is 13.2 Å². The Morgan fingerprint density at radius 1 is 1.25 bits per heavy atom. The molecule has 8 heteroatoms. The van der Waals surface area contributed by atoms with Gasteiger partial charge in [-0.1, -0.05) is 0 Å². The molecule has 0 amide bonds. The van der Waals surface area contributed by atoms with E-state index in [-0.39, 0.29) is 5.78 Å². The molecule has 0 spiro atoms. The Kier molecular flexibility index (Phi) is 2.04. The minimum Gasteiger partial charge on any atom is -0.275 e. The van der Waals surface area contributed by atoms with Gasteiger partial charge in [0, 0.05) is 5.56 Å². The van der Waals surface area contributed by atoms with E-state index in [9.17, 15) is 18.0 Å². The summed E-state index contributed by atoms with van der Waals surface area (Å²) in [5, 5.41) is 2.51. The zero-order valence-corrected chi connectivity index (χ0v) is 8.38. The quantitative estimate of drug-likeness (QED) is 0.738. The lowest BCUT2D eigenvalue weighted by Crippen LogP contribution is -2.24. The molecule has 5 nitrogen and oxygen atoms in total. The molecule has 2 heterocycles. The van der Waals surface area contributed by atoms with Gasteiger partial charge < -0.3 is 0 Å². The second-order valence-electron chi connectivity index (χ2n) is 3.33. The van der Waals surface area contributed by atoms with Gasteiger partial charge in [0.25, 0.3) is 11.3 Å². The van der Waals surface area contributed by atoms with E-state index in [1.54, 1.807) is 0 Å². The summed E-state index contributed by atoms with van der Waals surface area (Å²) < 4.78 is 38.4. The van der Waals surface area contributed by atoms with Gasteiger partial charge in [0.15, 0.2) is 5.69 Å². The van der Waals surface area contributed by atoms with Crippen molar-refractivity contribution in [3.8, 4) is 0 Å². The van der Waals surface area contributed by atoms with Crippen molar-refractivity contribution in [2.75, 3.05) is 0 Å². The topological polar surface area (TPSA) is 63.1 Å². The Hall–Kier alpha value is -1.86. The second-order valence-corrected chi connectivity index (χ2v) is 3.33. The molecule has 2 aromatic rings. The summed E-state index contributed by atoms with van der Waals surface area (Å²) >= 11 is 0. The van der Waals surface area contributed by atoms with Crippen LogP contribution >= 0.6 is 0 Å². The summed E-state index contributed by atoms with van der Waals surface area (Å²) in [5.74, 6) is 0.0451. The first-order chi connectivity index (χ1) is 7.30. The van der Waals surface area contributed by atoms with Crippen LogP contribution in [0.3, 0.4) is 0 Å². The first kappa shape index (κ1) is 10.7. The molecule has 0 radical (unpaired) electrons. The van der Waals surface area contributed by atoms with Gasteiger partial charge in [0.2, 0.25) is 0 Å². The molecule has 0 atom stereocenters. The van der Waals surface area contributed by atoms with Gasteiger partial charge in [-0.2, -0.15) is 22.7 Å². The lowest BCUT2D eigenvalue weighted by Gasteiger charge is -2.07. The number of aromatic nitrogens is 4. The molecule has 0 aliphatic rings. The van der Waals surface area contributed by atoms with E-state index in [1.807, 2.05) is 0 Å². The van der Waals surface area contributed by atoms with E-state index in [4.69, 9.17) is 0 Å². The highest BCUT2D eigenvalue weighted by atomic mass is 19.4. The first-order valence-electron chi connectivity index (χ1n) is 4.34.